The predicted molar refractivity (Wildman–Crippen MR) is 108 cm³/mol. The van der Waals surface area contributed by atoms with E-state index in [1.54, 1.807) is 0 Å². The molecule has 28 heavy (non-hydrogen) atoms. The van der Waals surface area contributed by atoms with E-state index in [0.717, 1.165) is 19.3 Å². The van der Waals surface area contributed by atoms with Gasteiger partial charge in [-0.15, -0.1) is 0 Å². The maximum atomic E-state index is 12.2. The normalized spacial score (nSPS) is 47.3. The first-order chi connectivity index (χ1) is 13.1. The monoisotopic (exact) mass is 390 g/mol. The van der Waals surface area contributed by atoms with Gasteiger partial charge in [0.1, 0.15) is 0 Å². The number of carboxylic acids is 1. The first-order valence-electron chi connectivity index (χ1n) is 11.5. The number of aliphatic carboxylic acids is 1. The van der Waals surface area contributed by atoms with Crippen LogP contribution in [0.2, 0.25) is 0 Å². The summed E-state index contributed by atoms with van der Waals surface area (Å²) in [5, 5.41) is 10.0. The fourth-order valence-electron chi connectivity index (χ4n) is 8.39. The Morgan fingerprint density at radius 1 is 1.04 bits per heavy atom. The van der Waals surface area contributed by atoms with Gasteiger partial charge >= 0.3 is 11.9 Å². The van der Waals surface area contributed by atoms with Crippen LogP contribution in [0.4, 0.5) is 0 Å². The van der Waals surface area contributed by atoms with Crippen molar-refractivity contribution >= 4 is 11.9 Å². The first-order valence-corrected chi connectivity index (χ1v) is 11.5. The Morgan fingerprint density at radius 3 is 2.46 bits per heavy atom. The largest absolute Gasteiger partial charge is 0.481 e. The average molecular weight is 391 g/mol. The van der Waals surface area contributed by atoms with Gasteiger partial charge in [-0.05, 0) is 92.8 Å². The molecule has 7 atom stereocenters. The molecule has 0 amide bonds. The van der Waals surface area contributed by atoms with Crippen LogP contribution in [-0.4, -0.2) is 23.7 Å². The highest BCUT2D eigenvalue weighted by Crippen LogP contribution is 2.72. The molecule has 1 N–H and O–H groups in total. The fraction of sp³-hybridized carbons (Fsp3) is 0.917. The Kier molecular flexibility index (Phi) is 4.87. The Labute approximate surface area is 169 Å². The molecule has 4 aliphatic carbocycles. The number of esters is 1. The molecule has 0 saturated heterocycles. The van der Waals surface area contributed by atoms with Gasteiger partial charge in [0.05, 0.1) is 17.9 Å². The van der Waals surface area contributed by atoms with E-state index in [0.29, 0.717) is 35.7 Å². The highest BCUT2D eigenvalue weighted by Gasteiger charge is 2.65. The van der Waals surface area contributed by atoms with Gasteiger partial charge in [0.2, 0.25) is 0 Å². The predicted octanol–water partition coefficient (Wildman–Crippen LogP) is 5.30. The minimum atomic E-state index is -0.585. The fourth-order valence-corrected chi connectivity index (χ4v) is 8.39. The zero-order valence-electron chi connectivity index (χ0n) is 18.1. The van der Waals surface area contributed by atoms with E-state index in [1.807, 2.05) is 20.8 Å². The molecule has 0 radical (unpaired) electrons. The third-order valence-corrected chi connectivity index (χ3v) is 9.67. The van der Waals surface area contributed by atoms with Gasteiger partial charge in [0, 0.05) is 0 Å². The van der Waals surface area contributed by atoms with E-state index in [1.165, 1.54) is 38.5 Å². The molecule has 4 heteroatoms. The van der Waals surface area contributed by atoms with E-state index >= 15 is 0 Å². The van der Waals surface area contributed by atoms with Crippen LogP contribution >= 0.6 is 0 Å². The van der Waals surface area contributed by atoms with Crippen LogP contribution in [-0.2, 0) is 14.3 Å². The van der Waals surface area contributed by atoms with Gasteiger partial charge in [0.15, 0.2) is 0 Å². The van der Waals surface area contributed by atoms with Crippen LogP contribution in [0, 0.1) is 45.8 Å². The third kappa shape index (κ3) is 2.84. The molecule has 4 fully saturated rings. The van der Waals surface area contributed by atoms with Crippen molar-refractivity contribution in [1.29, 1.82) is 0 Å². The second-order valence-electron chi connectivity index (χ2n) is 11.4. The van der Waals surface area contributed by atoms with Gasteiger partial charge in [-0.25, -0.2) is 0 Å². The highest BCUT2D eigenvalue weighted by molar-refractivity contribution is 5.75. The second-order valence-corrected chi connectivity index (χ2v) is 11.4. The molecule has 0 aromatic heterocycles. The van der Waals surface area contributed by atoms with Gasteiger partial charge < -0.3 is 9.84 Å². The first kappa shape index (κ1) is 20.2. The number of rotatable bonds is 4. The van der Waals surface area contributed by atoms with Crippen molar-refractivity contribution in [2.45, 2.75) is 85.5 Å². The maximum absolute atomic E-state index is 12.2. The highest BCUT2D eigenvalue weighted by atomic mass is 16.5. The Bertz CT molecular complexity index is 657. The van der Waals surface area contributed by atoms with Crippen LogP contribution in [0.5, 0.6) is 0 Å². The zero-order chi connectivity index (χ0) is 20.3. The lowest BCUT2D eigenvalue weighted by atomic mass is 9.41. The second kappa shape index (κ2) is 6.74. The number of hydrogen-bond acceptors (Lipinski definition) is 3. The summed E-state index contributed by atoms with van der Waals surface area (Å²) < 4.78 is 5.65. The Morgan fingerprint density at radius 2 is 1.79 bits per heavy atom. The molecule has 0 aromatic rings. The standard InChI is InChI=1S/C24H38O4/c1-15(2)20(25)28-14-17-13-24-11-8-18-22(3,19(24)7-6-16(17)12-24)9-5-10-23(18,4)21(26)27/h15-19H,5-14H2,1-4H3,(H,26,27)/t16-,17+,18+,19+,22-,23-,24+/m1/s1. The van der Waals surface area contributed by atoms with Gasteiger partial charge in [-0.1, -0.05) is 27.2 Å². The molecule has 0 heterocycles. The lowest BCUT2D eigenvalue weighted by Gasteiger charge is -2.63. The summed E-state index contributed by atoms with van der Waals surface area (Å²) in [7, 11) is 0. The van der Waals surface area contributed by atoms with E-state index in [2.05, 4.69) is 6.92 Å². The summed E-state index contributed by atoms with van der Waals surface area (Å²) in [4.78, 5) is 24.2. The van der Waals surface area contributed by atoms with Gasteiger partial charge in [-0.3, -0.25) is 9.59 Å². The van der Waals surface area contributed by atoms with Crippen molar-refractivity contribution in [3.63, 3.8) is 0 Å². The van der Waals surface area contributed by atoms with Crippen LogP contribution in [0.25, 0.3) is 0 Å². The van der Waals surface area contributed by atoms with Crippen molar-refractivity contribution in [3.05, 3.63) is 0 Å². The van der Waals surface area contributed by atoms with E-state index in [9.17, 15) is 14.7 Å². The maximum Gasteiger partial charge on any atom is 0.309 e. The van der Waals surface area contributed by atoms with Crippen LogP contribution in [0.1, 0.15) is 85.5 Å². The average Bonchev–Trinajstić information content (AvgIpc) is 2.89. The van der Waals surface area contributed by atoms with Crippen molar-refractivity contribution < 1.29 is 19.4 Å². The van der Waals surface area contributed by atoms with E-state index in [-0.39, 0.29) is 17.3 Å². The number of carboxylic acid groups (broad SMARTS) is 1. The van der Waals surface area contributed by atoms with Crippen LogP contribution < -0.4 is 0 Å². The lowest BCUT2D eigenvalue weighted by Crippen LogP contribution is -2.58. The Hall–Kier alpha value is -1.06. The van der Waals surface area contributed by atoms with Crippen molar-refractivity contribution in [1.82, 2.24) is 0 Å². The molecule has 4 aliphatic rings. The van der Waals surface area contributed by atoms with Crippen LogP contribution in [0.15, 0.2) is 0 Å². The molecule has 4 rings (SSSR count). The molecule has 0 aromatic carbocycles. The third-order valence-electron chi connectivity index (χ3n) is 9.67. The summed E-state index contributed by atoms with van der Waals surface area (Å²) in [6.45, 7) is 8.83. The lowest BCUT2D eigenvalue weighted by molar-refractivity contribution is -0.181. The smallest absolute Gasteiger partial charge is 0.309 e. The summed E-state index contributed by atoms with van der Waals surface area (Å²) in [5.74, 6) is 1.41. The Balaban J connectivity index is 1.55. The summed E-state index contributed by atoms with van der Waals surface area (Å²) in [5.41, 5.74) is -0.0474. The van der Waals surface area contributed by atoms with Gasteiger partial charge in [0.25, 0.3) is 0 Å². The minimum Gasteiger partial charge on any atom is -0.481 e. The van der Waals surface area contributed by atoms with Gasteiger partial charge in [-0.2, -0.15) is 0 Å². The topological polar surface area (TPSA) is 63.6 Å². The van der Waals surface area contributed by atoms with E-state index < -0.39 is 11.4 Å². The molecule has 4 saturated carbocycles. The summed E-state index contributed by atoms with van der Waals surface area (Å²) >= 11 is 0. The van der Waals surface area contributed by atoms with Crippen molar-refractivity contribution in [2.24, 2.45) is 45.8 Å². The molecule has 4 nitrogen and oxygen atoms in total. The molecular formula is C24H38O4. The quantitative estimate of drug-likeness (QED) is 0.662. The molecule has 0 aliphatic heterocycles. The zero-order valence-corrected chi connectivity index (χ0v) is 18.1. The SMILES string of the molecule is CC(C)C(=O)OC[C@@H]1C[C@@]23CC[C@H]4[C@@](C)(CCC[C@@]4(C)C(=O)O)[C@@H]2CC[C@@H]1C3. The summed E-state index contributed by atoms with van der Waals surface area (Å²) in [6.07, 6.45) is 10.2. The number of carbonyl (C=O) groups excluding carboxylic acids is 1. The molecule has 1 spiro atoms. The summed E-state index contributed by atoms with van der Waals surface area (Å²) in [6, 6.07) is 0. The van der Waals surface area contributed by atoms with Crippen molar-refractivity contribution in [3.8, 4) is 0 Å². The van der Waals surface area contributed by atoms with Crippen molar-refractivity contribution in [2.75, 3.05) is 6.61 Å². The number of fused-ring (bicyclic) bond motifs is 3. The molecule has 0 unspecified atom stereocenters. The number of hydrogen-bond donors (Lipinski definition) is 1. The molecular weight excluding hydrogens is 352 g/mol. The minimum absolute atomic E-state index is 0.0584. The molecule has 2 bridgehead atoms. The number of ether oxygens (including phenoxy) is 1. The number of carbonyl (C=O) groups is 2. The van der Waals surface area contributed by atoms with Crippen LogP contribution in [0.3, 0.4) is 0 Å². The van der Waals surface area contributed by atoms with E-state index in [4.69, 9.17) is 4.74 Å². The molecule has 158 valence electrons.